The minimum atomic E-state index is -3.50. The van der Waals surface area contributed by atoms with E-state index in [1.165, 1.54) is 4.31 Å². The van der Waals surface area contributed by atoms with Crippen LogP contribution >= 0.6 is 0 Å². The molecule has 3 rings (SSSR count). The smallest absolute Gasteiger partial charge is 0.282 e. The second-order valence-electron chi connectivity index (χ2n) is 6.43. The van der Waals surface area contributed by atoms with Gasteiger partial charge in [0.2, 0.25) is 0 Å². The molecule has 0 bridgehead atoms. The second kappa shape index (κ2) is 7.40. The minimum Gasteiger partial charge on any atom is -0.379 e. The first-order valence-electron chi connectivity index (χ1n) is 8.29. The van der Waals surface area contributed by atoms with Crippen LogP contribution in [0.25, 0.3) is 0 Å². The average Bonchev–Trinajstić information content (AvgIpc) is 3.06. The number of nitrogens with zero attached hydrogens (tertiary/aromatic N) is 5. The SMILES string of the molecule is CN(C)Cc1ccnc(C2CCCN2S(=O)(=O)N2CCOCC2)n1. The van der Waals surface area contributed by atoms with Crippen LogP contribution in [-0.4, -0.2) is 78.8 Å². The van der Waals surface area contributed by atoms with Crippen molar-refractivity contribution in [3.63, 3.8) is 0 Å². The van der Waals surface area contributed by atoms with Gasteiger partial charge in [-0.15, -0.1) is 0 Å². The molecule has 0 N–H and O–H groups in total. The van der Waals surface area contributed by atoms with Gasteiger partial charge in [0, 0.05) is 32.4 Å². The van der Waals surface area contributed by atoms with Gasteiger partial charge >= 0.3 is 0 Å². The van der Waals surface area contributed by atoms with E-state index in [1.54, 1.807) is 10.5 Å². The lowest BCUT2D eigenvalue weighted by Crippen LogP contribution is -2.48. The largest absolute Gasteiger partial charge is 0.379 e. The van der Waals surface area contributed by atoms with Crippen molar-refractivity contribution >= 4 is 10.2 Å². The van der Waals surface area contributed by atoms with E-state index in [4.69, 9.17) is 4.74 Å². The molecule has 24 heavy (non-hydrogen) atoms. The van der Waals surface area contributed by atoms with Gasteiger partial charge in [0.1, 0.15) is 5.82 Å². The van der Waals surface area contributed by atoms with Crippen molar-refractivity contribution in [3.05, 3.63) is 23.8 Å². The van der Waals surface area contributed by atoms with Gasteiger partial charge in [0.25, 0.3) is 10.2 Å². The Labute approximate surface area is 143 Å². The summed E-state index contributed by atoms with van der Waals surface area (Å²) in [4.78, 5) is 11.0. The number of morpholine rings is 1. The molecule has 1 aromatic rings. The molecule has 0 saturated carbocycles. The lowest BCUT2D eigenvalue weighted by molar-refractivity contribution is 0.0698. The number of rotatable bonds is 5. The fourth-order valence-corrected chi connectivity index (χ4v) is 4.97. The molecule has 9 heteroatoms. The zero-order valence-electron chi connectivity index (χ0n) is 14.3. The second-order valence-corrected chi connectivity index (χ2v) is 8.31. The first kappa shape index (κ1) is 17.7. The fraction of sp³-hybridized carbons (Fsp3) is 0.733. The summed E-state index contributed by atoms with van der Waals surface area (Å²) in [6.07, 6.45) is 3.31. The van der Waals surface area contributed by atoms with E-state index < -0.39 is 10.2 Å². The van der Waals surface area contributed by atoms with Crippen molar-refractivity contribution in [3.8, 4) is 0 Å². The van der Waals surface area contributed by atoms with Crippen LogP contribution in [0.3, 0.4) is 0 Å². The third-order valence-corrected chi connectivity index (χ3v) is 6.35. The van der Waals surface area contributed by atoms with E-state index in [2.05, 4.69) is 9.97 Å². The summed E-state index contributed by atoms with van der Waals surface area (Å²) in [5.74, 6) is 0.601. The normalized spacial score (nSPS) is 23.9. The molecule has 2 saturated heterocycles. The van der Waals surface area contributed by atoms with Crippen molar-refractivity contribution in [1.29, 1.82) is 0 Å². The molecule has 2 aliphatic rings. The lowest BCUT2D eigenvalue weighted by Gasteiger charge is -2.32. The first-order valence-corrected chi connectivity index (χ1v) is 9.69. The van der Waals surface area contributed by atoms with Gasteiger partial charge < -0.3 is 9.64 Å². The Morgan fingerprint density at radius 3 is 2.75 bits per heavy atom. The summed E-state index contributed by atoms with van der Waals surface area (Å²) in [5, 5.41) is 0. The standard InChI is InChI=1S/C15H25N5O3S/c1-18(2)12-13-5-6-16-15(17-13)14-4-3-7-20(14)24(21,22)19-8-10-23-11-9-19/h5-6,14H,3-4,7-12H2,1-2H3. The van der Waals surface area contributed by atoms with Crippen LogP contribution in [0.15, 0.2) is 12.3 Å². The summed E-state index contributed by atoms with van der Waals surface area (Å²) in [6.45, 7) is 2.95. The van der Waals surface area contributed by atoms with Gasteiger partial charge in [-0.3, -0.25) is 0 Å². The van der Waals surface area contributed by atoms with Crippen LogP contribution in [0.2, 0.25) is 0 Å². The Hall–Kier alpha value is -1.13. The topological polar surface area (TPSA) is 78.9 Å². The summed E-state index contributed by atoms with van der Waals surface area (Å²) in [6, 6.07) is 1.60. The van der Waals surface area contributed by atoms with Gasteiger partial charge in [0.15, 0.2) is 0 Å². The summed E-state index contributed by atoms with van der Waals surface area (Å²) in [7, 11) is 0.459. The monoisotopic (exact) mass is 355 g/mol. The molecular formula is C15H25N5O3S. The average molecular weight is 355 g/mol. The molecule has 0 aliphatic carbocycles. The van der Waals surface area contributed by atoms with E-state index in [9.17, 15) is 8.42 Å². The van der Waals surface area contributed by atoms with Crippen molar-refractivity contribution in [2.45, 2.75) is 25.4 Å². The van der Waals surface area contributed by atoms with Crippen LogP contribution in [0.1, 0.15) is 30.4 Å². The molecule has 0 amide bonds. The first-order chi connectivity index (χ1) is 11.5. The molecule has 8 nitrogen and oxygen atoms in total. The number of hydrogen-bond donors (Lipinski definition) is 0. The number of aromatic nitrogens is 2. The highest BCUT2D eigenvalue weighted by atomic mass is 32.2. The molecule has 134 valence electrons. The molecule has 0 spiro atoms. The van der Waals surface area contributed by atoms with Gasteiger partial charge in [-0.05, 0) is 33.0 Å². The van der Waals surface area contributed by atoms with Crippen molar-refractivity contribution < 1.29 is 13.2 Å². The highest BCUT2D eigenvalue weighted by molar-refractivity contribution is 7.86. The van der Waals surface area contributed by atoms with E-state index in [0.29, 0.717) is 45.2 Å². The molecule has 0 radical (unpaired) electrons. The summed E-state index contributed by atoms with van der Waals surface area (Å²) >= 11 is 0. The molecule has 0 aromatic carbocycles. The zero-order chi connectivity index (χ0) is 17.2. The quantitative estimate of drug-likeness (QED) is 0.753. The zero-order valence-corrected chi connectivity index (χ0v) is 15.1. The van der Waals surface area contributed by atoms with Gasteiger partial charge in [-0.1, -0.05) is 0 Å². The van der Waals surface area contributed by atoms with Gasteiger partial charge in [-0.2, -0.15) is 17.0 Å². The number of ether oxygens (including phenoxy) is 1. The molecular weight excluding hydrogens is 330 g/mol. The number of hydrogen-bond acceptors (Lipinski definition) is 6. The highest BCUT2D eigenvalue weighted by Crippen LogP contribution is 2.33. The van der Waals surface area contributed by atoms with Crippen molar-refractivity contribution in [2.24, 2.45) is 0 Å². The van der Waals surface area contributed by atoms with E-state index in [1.807, 2.05) is 25.1 Å². The molecule has 1 atom stereocenters. The van der Waals surface area contributed by atoms with Crippen molar-refractivity contribution in [1.82, 2.24) is 23.5 Å². The molecule has 1 unspecified atom stereocenters. The lowest BCUT2D eigenvalue weighted by atomic mass is 10.2. The Morgan fingerprint density at radius 1 is 1.29 bits per heavy atom. The Balaban J connectivity index is 1.82. The summed E-state index contributed by atoms with van der Waals surface area (Å²) in [5.41, 5.74) is 0.903. The van der Waals surface area contributed by atoms with Crippen LogP contribution in [-0.2, 0) is 21.5 Å². The predicted octanol–water partition coefficient (Wildman–Crippen LogP) is 0.252. The van der Waals surface area contributed by atoms with E-state index in [0.717, 1.165) is 18.5 Å². The molecule has 2 aliphatic heterocycles. The predicted molar refractivity (Wildman–Crippen MR) is 89.4 cm³/mol. The molecule has 2 fully saturated rings. The van der Waals surface area contributed by atoms with Gasteiger partial charge in [0.05, 0.1) is 24.9 Å². The highest BCUT2D eigenvalue weighted by Gasteiger charge is 2.40. The molecule has 3 heterocycles. The van der Waals surface area contributed by atoms with E-state index in [-0.39, 0.29) is 6.04 Å². The maximum atomic E-state index is 13.0. The Morgan fingerprint density at radius 2 is 2.04 bits per heavy atom. The maximum absolute atomic E-state index is 13.0. The third kappa shape index (κ3) is 3.75. The van der Waals surface area contributed by atoms with Crippen LogP contribution in [0, 0.1) is 0 Å². The molecule has 1 aromatic heterocycles. The van der Waals surface area contributed by atoms with Crippen LogP contribution in [0.4, 0.5) is 0 Å². The fourth-order valence-electron chi connectivity index (χ4n) is 3.19. The van der Waals surface area contributed by atoms with Crippen molar-refractivity contribution in [2.75, 3.05) is 46.9 Å². The summed E-state index contributed by atoms with van der Waals surface area (Å²) < 4.78 is 34.3. The van der Waals surface area contributed by atoms with Crippen LogP contribution < -0.4 is 0 Å². The minimum absolute atomic E-state index is 0.278. The van der Waals surface area contributed by atoms with Gasteiger partial charge in [-0.25, -0.2) is 9.97 Å². The van der Waals surface area contributed by atoms with E-state index >= 15 is 0 Å². The Kier molecular flexibility index (Phi) is 5.46. The van der Waals surface area contributed by atoms with Crippen LogP contribution in [0.5, 0.6) is 0 Å². The Bertz CT molecular complexity index is 661. The maximum Gasteiger partial charge on any atom is 0.282 e. The third-order valence-electron chi connectivity index (χ3n) is 4.30.